The number of imidazole rings is 1. The van der Waals surface area contributed by atoms with Crippen molar-refractivity contribution in [3.05, 3.63) is 83.3 Å². The van der Waals surface area contributed by atoms with Crippen molar-refractivity contribution in [1.29, 1.82) is 0 Å². The molecular weight excluding hydrogens is 365 g/mol. The Labute approximate surface area is 160 Å². The third-order valence-corrected chi connectivity index (χ3v) is 4.35. The van der Waals surface area contributed by atoms with Crippen LogP contribution in [0.15, 0.2) is 71.9 Å². The van der Waals surface area contributed by atoms with Gasteiger partial charge in [0, 0.05) is 18.0 Å². The number of ether oxygens (including phenoxy) is 1. The van der Waals surface area contributed by atoms with Gasteiger partial charge >= 0.3 is 0 Å². The second kappa shape index (κ2) is 7.21. The van der Waals surface area contributed by atoms with Gasteiger partial charge in [-0.2, -0.15) is 0 Å². The maximum Gasteiger partial charge on any atom is 0.165 e. The van der Waals surface area contributed by atoms with Crippen LogP contribution in [0.2, 0.25) is 5.02 Å². The highest BCUT2D eigenvalue weighted by atomic mass is 35.5. The summed E-state index contributed by atoms with van der Waals surface area (Å²) in [5.41, 5.74) is 3.14. The zero-order valence-corrected chi connectivity index (χ0v) is 15.2. The molecule has 0 radical (unpaired) electrons. The molecule has 0 fully saturated rings. The van der Waals surface area contributed by atoms with Crippen LogP contribution >= 0.6 is 11.6 Å². The topological polar surface area (TPSA) is 38.9 Å². The van der Waals surface area contributed by atoms with E-state index in [0.717, 1.165) is 28.2 Å². The average molecular weight is 380 g/mol. The van der Waals surface area contributed by atoms with E-state index in [9.17, 15) is 4.39 Å². The molecule has 0 bridgehead atoms. The minimum absolute atomic E-state index is 0.285. The zero-order chi connectivity index (χ0) is 18.8. The van der Waals surface area contributed by atoms with Crippen LogP contribution < -0.4 is 4.74 Å². The molecule has 0 aliphatic heterocycles. The van der Waals surface area contributed by atoms with Gasteiger partial charge in [-0.1, -0.05) is 23.7 Å². The summed E-state index contributed by atoms with van der Waals surface area (Å²) in [6.45, 7) is 0. The van der Waals surface area contributed by atoms with Crippen LogP contribution in [0.1, 0.15) is 5.56 Å². The Morgan fingerprint density at radius 3 is 2.48 bits per heavy atom. The maximum absolute atomic E-state index is 13.1. The largest absolute Gasteiger partial charge is 0.497 e. The Morgan fingerprint density at radius 1 is 1.04 bits per heavy atom. The number of nitrogens with zero attached hydrogens (tertiary/aromatic N) is 3. The molecule has 27 heavy (non-hydrogen) atoms. The van der Waals surface area contributed by atoms with Crippen LogP contribution in [-0.4, -0.2) is 22.7 Å². The number of halogens is 2. The molecule has 0 amide bonds. The smallest absolute Gasteiger partial charge is 0.165 e. The van der Waals surface area contributed by atoms with E-state index in [1.54, 1.807) is 37.7 Å². The number of rotatable bonds is 4. The van der Waals surface area contributed by atoms with E-state index < -0.39 is 0 Å². The minimum Gasteiger partial charge on any atom is -0.497 e. The summed E-state index contributed by atoms with van der Waals surface area (Å²) >= 11 is 6.16. The molecule has 0 atom stereocenters. The molecule has 4 nitrogen and oxygen atoms in total. The van der Waals surface area contributed by atoms with Gasteiger partial charge in [0.15, 0.2) is 5.82 Å². The molecule has 134 valence electrons. The van der Waals surface area contributed by atoms with Crippen LogP contribution in [0.4, 0.5) is 10.2 Å². The second-order valence-corrected chi connectivity index (χ2v) is 6.33. The van der Waals surface area contributed by atoms with E-state index in [4.69, 9.17) is 21.3 Å². The molecule has 6 heteroatoms. The number of pyridine rings is 1. The number of aromatic nitrogens is 2. The van der Waals surface area contributed by atoms with Crippen LogP contribution in [0.5, 0.6) is 5.75 Å². The fraction of sp³-hybridized carbons (Fsp3) is 0.0476. The first kappa shape index (κ1) is 17.2. The molecule has 0 saturated heterocycles. The lowest BCUT2D eigenvalue weighted by molar-refractivity contribution is 0.415. The molecule has 2 heterocycles. The Kier molecular flexibility index (Phi) is 4.60. The van der Waals surface area contributed by atoms with Gasteiger partial charge in [0.2, 0.25) is 0 Å². The summed E-state index contributed by atoms with van der Waals surface area (Å²) in [5, 5.41) is 0.583. The van der Waals surface area contributed by atoms with Crippen LogP contribution in [-0.2, 0) is 0 Å². The third kappa shape index (κ3) is 3.55. The fourth-order valence-electron chi connectivity index (χ4n) is 2.76. The van der Waals surface area contributed by atoms with Crippen molar-refractivity contribution < 1.29 is 9.13 Å². The number of aliphatic imine (C=N–C) groups is 1. The SMILES string of the molecule is COc1ccc(-c2nc3ccc(Cl)cn3c2/N=C/c2ccc(F)cc2)cc1. The van der Waals surface area contributed by atoms with Gasteiger partial charge in [-0.25, -0.2) is 14.4 Å². The quantitative estimate of drug-likeness (QED) is 0.436. The monoisotopic (exact) mass is 379 g/mol. The molecule has 0 aliphatic rings. The number of hydrogen-bond donors (Lipinski definition) is 0. The molecular formula is C21H15ClFN3O. The van der Waals surface area contributed by atoms with Crippen LogP contribution in [0.25, 0.3) is 16.9 Å². The standard InChI is InChI=1S/C21H15ClFN3O/c1-27-18-9-4-15(5-10-18)20-21(24-12-14-2-7-17(23)8-3-14)26-13-16(22)6-11-19(26)25-20/h2-13H,1H3/b24-12+. The Bertz CT molecular complexity index is 1120. The number of benzene rings is 2. The molecule has 0 N–H and O–H groups in total. The molecule has 0 spiro atoms. The van der Waals surface area contributed by atoms with Gasteiger partial charge in [0.1, 0.15) is 22.9 Å². The van der Waals surface area contributed by atoms with Gasteiger partial charge in [-0.05, 0) is 54.1 Å². The number of fused-ring (bicyclic) bond motifs is 1. The fourth-order valence-corrected chi connectivity index (χ4v) is 2.92. The molecule has 0 aliphatic carbocycles. The van der Waals surface area contributed by atoms with E-state index in [-0.39, 0.29) is 5.82 Å². The van der Waals surface area contributed by atoms with Crippen molar-refractivity contribution >= 4 is 29.3 Å². The summed E-state index contributed by atoms with van der Waals surface area (Å²) < 4.78 is 20.2. The van der Waals surface area contributed by atoms with Gasteiger partial charge in [-0.15, -0.1) is 0 Å². The molecule has 2 aromatic carbocycles. The summed E-state index contributed by atoms with van der Waals surface area (Å²) in [5.74, 6) is 1.12. The van der Waals surface area contributed by atoms with E-state index in [1.807, 2.05) is 34.7 Å². The van der Waals surface area contributed by atoms with Crippen molar-refractivity contribution in [2.75, 3.05) is 7.11 Å². The van der Waals surface area contributed by atoms with Crippen molar-refractivity contribution in [3.63, 3.8) is 0 Å². The predicted molar refractivity (Wildman–Crippen MR) is 106 cm³/mol. The Hall–Kier alpha value is -3.18. The molecule has 0 unspecified atom stereocenters. The lowest BCUT2D eigenvalue weighted by Crippen LogP contribution is -1.86. The third-order valence-electron chi connectivity index (χ3n) is 4.13. The van der Waals surface area contributed by atoms with E-state index in [2.05, 4.69) is 4.99 Å². The first-order valence-corrected chi connectivity index (χ1v) is 8.63. The normalized spacial score (nSPS) is 11.4. The molecule has 2 aromatic heterocycles. The van der Waals surface area contributed by atoms with Crippen molar-refractivity contribution in [1.82, 2.24) is 9.38 Å². The van der Waals surface area contributed by atoms with Crippen molar-refractivity contribution in [2.24, 2.45) is 4.99 Å². The molecule has 0 saturated carbocycles. The van der Waals surface area contributed by atoms with Gasteiger partial charge in [0.25, 0.3) is 0 Å². The average Bonchev–Trinajstić information content (AvgIpc) is 3.05. The zero-order valence-electron chi connectivity index (χ0n) is 14.4. The summed E-state index contributed by atoms with van der Waals surface area (Å²) in [6.07, 6.45) is 3.45. The highest BCUT2D eigenvalue weighted by Crippen LogP contribution is 2.32. The number of hydrogen-bond acceptors (Lipinski definition) is 3. The predicted octanol–water partition coefficient (Wildman–Crippen LogP) is 5.55. The lowest BCUT2D eigenvalue weighted by Gasteiger charge is -2.03. The Balaban J connectivity index is 1.84. The van der Waals surface area contributed by atoms with Gasteiger partial charge in [-0.3, -0.25) is 4.40 Å². The highest BCUT2D eigenvalue weighted by Gasteiger charge is 2.14. The van der Waals surface area contributed by atoms with Crippen molar-refractivity contribution in [2.45, 2.75) is 0 Å². The first-order valence-electron chi connectivity index (χ1n) is 8.26. The van der Waals surface area contributed by atoms with Crippen LogP contribution in [0, 0.1) is 5.82 Å². The second-order valence-electron chi connectivity index (χ2n) is 5.90. The van der Waals surface area contributed by atoms with E-state index in [1.165, 1.54) is 12.1 Å². The summed E-state index contributed by atoms with van der Waals surface area (Å²) in [7, 11) is 1.63. The minimum atomic E-state index is -0.285. The maximum atomic E-state index is 13.1. The van der Waals surface area contributed by atoms with E-state index >= 15 is 0 Å². The lowest BCUT2D eigenvalue weighted by atomic mass is 10.1. The summed E-state index contributed by atoms with van der Waals surface area (Å²) in [6, 6.07) is 17.4. The first-order chi connectivity index (χ1) is 13.1. The van der Waals surface area contributed by atoms with Crippen molar-refractivity contribution in [3.8, 4) is 17.0 Å². The van der Waals surface area contributed by atoms with E-state index in [0.29, 0.717) is 10.8 Å². The van der Waals surface area contributed by atoms with Gasteiger partial charge in [0.05, 0.1) is 12.1 Å². The molecule has 4 rings (SSSR count). The van der Waals surface area contributed by atoms with Crippen LogP contribution in [0.3, 0.4) is 0 Å². The highest BCUT2D eigenvalue weighted by molar-refractivity contribution is 6.30. The Morgan fingerprint density at radius 2 is 1.78 bits per heavy atom. The molecule has 4 aromatic rings. The van der Waals surface area contributed by atoms with Gasteiger partial charge < -0.3 is 4.74 Å². The number of methoxy groups -OCH3 is 1. The summed E-state index contributed by atoms with van der Waals surface area (Å²) in [4.78, 5) is 9.31.